The molecule has 0 atom stereocenters. The number of hydrogen-bond donors (Lipinski definition) is 0. The normalized spacial score (nSPS) is 13.9. The molecule has 6 heteroatoms. The Morgan fingerprint density at radius 1 is 1.19 bits per heavy atom. The predicted molar refractivity (Wildman–Crippen MR) is 105 cm³/mol. The third-order valence-electron chi connectivity index (χ3n) is 4.22. The Labute approximate surface area is 167 Å². The standard InChI is InChI=1S/C21H22BrNO4/c1-21(2,3)20(25)27-23-10-9-15-11-16(22)12-17(18(15)19(23)24)26-13-14-7-5-4-6-8-14/h4-8,11-12H,9-10,13H2,1-3H3. The average molecular weight is 432 g/mol. The van der Waals surface area contributed by atoms with Crippen LogP contribution in [0.3, 0.4) is 0 Å². The molecule has 0 aliphatic carbocycles. The number of hydrogen-bond acceptors (Lipinski definition) is 4. The molecule has 0 aromatic heterocycles. The van der Waals surface area contributed by atoms with Gasteiger partial charge in [0.1, 0.15) is 12.4 Å². The second-order valence-corrected chi connectivity index (χ2v) is 8.41. The Balaban J connectivity index is 1.85. The van der Waals surface area contributed by atoms with Crippen LogP contribution in [0.1, 0.15) is 42.3 Å². The SMILES string of the molecule is CC(C)(C)C(=O)ON1CCc2cc(Br)cc(OCc3ccccc3)c2C1=O. The van der Waals surface area contributed by atoms with Gasteiger partial charge in [-0.05, 0) is 50.5 Å². The molecular formula is C21H22BrNO4. The van der Waals surface area contributed by atoms with Gasteiger partial charge in [0.05, 0.1) is 17.5 Å². The lowest BCUT2D eigenvalue weighted by Crippen LogP contribution is -2.42. The van der Waals surface area contributed by atoms with Crippen LogP contribution in [0.2, 0.25) is 0 Å². The summed E-state index contributed by atoms with van der Waals surface area (Å²) in [5.41, 5.74) is 1.64. The molecule has 0 bridgehead atoms. The predicted octanol–water partition coefficient (Wildman–Crippen LogP) is 4.53. The topological polar surface area (TPSA) is 55.8 Å². The third kappa shape index (κ3) is 4.50. The van der Waals surface area contributed by atoms with Crippen LogP contribution in [0.4, 0.5) is 0 Å². The molecule has 142 valence electrons. The number of carbonyl (C=O) groups is 2. The second kappa shape index (κ2) is 7.72. The van der Waals surface area contributed by atoms with Crippen molar-refractivity contribution in [1.82, 2.24) is 5.06 Å². The van der Waals surface area contributed by atoms with Crippen molar-refractivity contribution >= 4 is 27.8 Å². The molecule has 3 rings (SSSR count). The zero-order chi connectivity index (χ0) is 19.6. The molecule has 5 nitrogen and oxygen atoms in total. The molecular weight excluding hydrogens is 410 g/mol. The molecule has 2 aromatic rings. The fraction of sp³-hybridized carbons (Fsp3) is 0.333. The van der Waals surface area contributed by atoms with Gasteiger partial charge >= 0.3 is 5.97 Å². The fourth-order valence-electron chi connectivity index (χ4n) is 2.70. The number of fused-ring (bicyclic) bond motifs is 1. The molecule has 1 aliphatic heterocycles. The van der Waals surface area contributed by atoms with E-state index in [4.69, 9.17) is 9.57 Å². The molecule has 0 saturated carbocycles. The van der Waals surface area contributed by atoms with Gasteiger partial charge in [0.15, 0.2) is 0 Å². The zero-order valence-electron chi connectivity index (χ0n) is 15.6. The van der Waals surface area contributed by atoms with Crippen molar-refractivity contribution in [3.8, 4) is 5.75 Å². The van der Waals surface area contributed by atoms with Crippen LogP contribution in [0.25, 0.3) is 0 Å². The summed E-state index contributed by atoms with van der Waals surface area (Å²) in [4.78, 5) is 30.5. The van der Waals surface area contributed by atoms with Gasteiger partial charge in [0.2, 0.25) is 0 Å². The number of halogens is 1. The van der Waals surface area contributed by atoms with E-state index in [1.165, 1.54) is 0 Å². The first-order valence-corrected chi connectivity index (χ1v) is 9.58. The Morgan fingerprint density at radius 3 is 2.56 bits per heavy atom. The number of benzene rings is 2. The van der Waals surface area contributed by atoms with Crippen molar-refractivity contribution in [3.05, 3.63) is 63.6 Å². The van der Waals surface area contributed by atoms with Crippen LogP contribution in [-0.4, -0.2) is 23.5 Å². The van der Waals surface area contributed by atoms with Crippen molar-refractivity contribution in [3.63, 3.8) is 0 Å². The summed E-state index contributed by atoms with van der Waals surface area (Å²) in [6.07, 6.45) is 0.583. The maximum atomic E-state index is 13.0. The Kier molecular flexibility index (Phi) is 5.56. The molecule has 1 amide bonds. The van der Waals surface area contributed by atoms with E-state index in [1.807, 2.05) is 36.4 Å². The molecule has 0 N–H and O–H groups in total. The number of ether oxygens (including phenoxy) is 1. The minimum Gasteiger partial charge on any atom is -0.488 e. The van der Waals surface area contributed by atoms with Crippen molar-refractivity contribution in [2.75, 3.05) is 6.54 Å². The fourth-order valence-corrected chi connectivity index (χ4v) is 3.18. The lowest BCUT2D eigenvalue weighted by Gasteiger charge is -2.30. The maximum absolute atomic E-state index is 13.0. The molecule has 0 spiro atoms. The summed E-state index contributed by atoms with van der Waals surface area (Å²) in [6, 6.07) is 13.4. The highest BCUT2D eigenvalue weighted by Crippen LogP contribution is 2.33. The summed E-state index contributed by atoms with van der Waals surface area (Å²) < 4.78 is 6.79. The largest absolute Gasteiger partial charge is 0.488 e. The highest BCUT2D eigenvalue weighted by atomic mass is 79.9. The molecule has 1 heterocycles. The average Bonchev–Trinajstić information content (AvgIpc) is 2.61. The van der Waals surface area contributed by atoms with Gasteiger partial charge in [-0.1, -0.05) is 46.3 Å². The first-order chi connectivity index (χ1) is 12.8. The van der Waals surface area contributed by atoms with Crippen molar-refractivity contribution in [2.45, 2.75) is 33.8 Å². The van der Waals surface area contributed by atoms with Crippen molar-refractivity contribution in [1.29, 1.82) is 0 Å². The van der Waals surface area contributed by atoms with Crippen LogP contribution < -0.4 is 4.74 Å². The lowest BCUT2D eigenvalue weighted by molar-refractivity contribution is -0.188. The van der Waals surface area contributed by atoms with E-state index in [1.54, 1.807) is 26.8 Å². The van der Waals surface area contributed by atoms with Crippen LogP contribution in [0.5, 0.6) is 5.75 Å². The molecule has 2 aromatic carbocycles. The van der Waals surface area contributed by atoms with Gasteiger partial charge in [-0.3, -0.25) is 4.79 Å². The number of amides is 1. The highest BCUT2D eigenvalue weighted by molar-refractivity contribution is 9.10. The minimum absolute atomic E-state index is 0.322. The van der Waals surface area contributed by atoms with E-state index in [0.29, 0.717) is 30.9 Å². The van der Waals surface area contributed by atoms with Crippen LogP contribution in [0.15, 0.2) is 46.9 Å². The quantitative estimate of drug-likeness (QED) is 0.713. The summed E-state index contributed by atoms with van der Waals surface area (Å²) >= 11 is 3.48. The number of hydroxylamine groups is 2. The highest BCUT2D eigenvalue weighted by Gasteiger charge is 2.34. The van der Waals surface area contributed by atoms with E-state index < -0.39 is 11.4 Å². The number of rotatable bonds is 4. The van der Waals surface area contributed by atoms with E-state index in [0.717, 1.165) is 20.7 Å². The Bertz CT molecular complexity index is 858. The van der Waals surface area contributed by atoms with Crippen molar-refractivity contribution in [2.24, 2.45) is 5.41 Å². The number of carbonyl (C=O) groups excluding carboxylic acids is 2. The molecule has 27 heavy (non-hydrogen) atoms. The van der Waals surface area contributed by atoms with Crippen LogP contribution in [0, 0.1) is 5.41 Å². The smallest absolute Gasteiger partial charge is 0.337 e. The molecule has 0 unspecified atom stereocenters. The summed E-state index contributed by atoms with van der Waals surface area (Å²) in [5, 5.41) is 1.14. The summed E-state index contributed by atoms with van der Waals surface area (Å²) in [5.74, 6) is -0.322. The lowest BCUT2D eigenvalue weighted by atomic mass is 9.97. The first kappa shape index (κ1) is 19.4. The summed E-state index contributed by atoms with van der Waals surface area (Å²) in [7, 11) is 0. The number of nitrogens with zero attached hydrogens (tertiary/aromatic N) is 1. The van der Waals surface area contributed by atoms with Crippen LogP contribution in [-0.2, 0) is 22.7 Å². The maximum Gasteiger partial charge on any atom is 0.337 e. The van der Waals surface area contributed by atoms with Gasteiger partial charge in [0, 0.05) is 4.47 Å². The Hall–Kier alpha value is -2.34. The van der Waals surface area contributed by atoms with E-state index in [-0.39, 0.29) is 5.91 Å². The van der Waals surface area contributed by atoms with Crippen molar-refractivity contribution < 1.29 is 19.2 Å². The van der Waals surface area contributed by atoms with Gasteiger partial charge in [-0.2, -0.15) is 5.06 Å². The zero-order valence-corrected chi connectivity index (χ0v) is 17.2. The van der Waals surface area contributed by atoms with E-state index >= 15 is 0 Å². The van der Waals surface area contributed by atoms with E-state index in [2.05, 4.69) is 15.9 Å². The molecule has 0 saturated heterocycles. The third-order valence-corrected chi connectivity index (χ3v) is 4.67. The van der Waals surface area contributed by atoms with Gasteiger partial charge in [0.25, 0.3) is 5.91 Å². The van der Waals surface area contributed by atoms with Gasteiger partial charge in [-0.15, -0.1) is 0 Å². The Morgan fingerprint density at radius 2 is 1.89 bits per heavy atom. The minimum atomic E-state index is -0.688. The second-order valence-electron chi connectivity index (χ2n) is 7.50. The summed E-state index contributed by atoms with van der Waals surface area (Å²) in [6.45, 7) is 5.93. The molecule has 1 aliphatic rings. The molecule has 0 radical (unpaired) electrons. The van der Waals surface area contributed by atoms with Gasteiger partial charge < -0.3 is 9.57 Å². The first-order valence-electron chi connectivity index (χ1n) is 8.79. The monoisotopic (exact) mass is 431 g/mol. The van der Waals surface area contributed by atoms with Gasteiger partial charge in [-0.25, -0.2) is 4.79 Å². The van der Waals surface area contributed by atoms with Crippen LogP contribution >= 0.6 is 15.9 Å². The van der Waals surface area contributed by atoms with E-state index in [9.17, 15) is 9.59 Å². The molecule has 0 fully saturated rings.